The summed E-state index contributed by atoms with van der Waals surface area (Å²) in [4.78, 5) is 22.9. The van der Waals surface area contributed by atoms with Crippen molar-refractivity contribution in [3.05, 3.63) is 29.8 Å². The molecule has 0 unspecified atom stereocenters. The van der Waals surface area contributed by atoms with Gasteiger partial charge in [-0.2, -0.15) is 0 Å². The average molecular weight is 276 g/mol. The Morgan fingerprint density at radius 1 is 1.15 bits per heavy atom. The molecule has 2 amide bonds. The molecule has 1 aromatic rings. The van der Waals surface area contributed by atoms with Gasteiger partial charge in [-0.3, -0.25) is 9.59 Å². The van der Waals surface area contributed by atoms with Crippen LogP contribution in [-0.2, 0) is 4.79 Å². The van der Waals surface area contributed by atoms with Crippen molar-refractivity contribution in [2.75, 3.05) is 5.32 Å². The van der Waals surface area contributed by atoms with Crippen molar-refractivity contribution < 1.29 is 14.7 Å². The summed E-state index contributed by atoms with van der Waals surface area (Å²) in [7, 11) is 0. The van der Waals surface area contributed by atoms with Gasteiger partial charge in [-0.25, -0.2) is 0 Å². The van der Waals surface area contributed by atoms with Crippen molar-refractivity contribution in [2.24, 2.45) is 5.73 Å². The number of anilines is 1. The molecule has 2 rings (SSSR count). The Morgan fingerprint density at radius 3 is 2.30 bits per heavy atom. The molecule has 108 valence electrons. The highest BCUT2D eigenvalue weighted by Crippen LogP contribution is 2.31. The van der Waals surface area contributed by atoms with E-state index < -0.39 is 11.5 Å². The van der Waals surface area contributed by atoms with E-state index in [1.165, 1.54) is 0 Å². The summed E-state index contributed by atoms with van der Waals surface area (Å²) in [6, 6.07) is 6.38. The van der Waals surface area contributed by atoms with Crippen molar-refractivity contribution in [3.8, 4) is 0 Å². The third-order valence-corrected chi connectivity index (χ3v) is 3.73. The normalized spacial score (nSPS) is 17.4. The largest absolute Gasteiger partial charge is 0.389 e. The molecule has 1 aromatic carbocycles. The number of hydrogen-bond donors (Lipinski definition) is 3. The minimum absolute atomic E-state index is 0.116. The van der Waals surface area contributed by atoms with Gasteiger partial charge in [0.2, 0.25) is 11.8 Å². The number of nitrogens with two attached hydrogens (primary N) is 1. The van der Waals surface area contributed by atoms with Gasteiger partial charge in [-0.1, -0.05) is 19.3 Å². The monoisotopic (exact) mass is 276 g/mol. The maximum atomic E-state index is 11.9. The van der Waals surface area contributed by atoms with Crippen LogP contribution in [0.2, 0.25) is 0 Å². The van der Waals surface area contributed by atoms with Gasteiger partial charge in [0.05, 0.1) is 12.0 Å². The average Bonchev–Trinajstić information content (AvgIpc) is 2.39. The maximum absolute atomic E-state index is 11.9. The minimum Gasteiger partial charge on any atom is -0.389 e. The van der Waals surface area contributed by atoms with Crippen LogP contribution in [0.3, 0.4) is 0 Å². The molecular formula is C15H20N2O3. The summed E-state index contributed by atoms with van der Waals surface area (Å²) in [5.41, 5.74) is 5.28. The fourth-order valence-electron chi connectivity index (χ4n) is 2.61. The zero-order chi connectivity index (χ0) is 14.6. The topological polar surface area (TPSA) is 92.4 Å². The number of primary amides is 1. The summed E-state index contributed by atoms with van der Waals surface area (Å²) in [5, 5.41) is 13.0. The lowest BCUT2D eigenvalue weighted by atomic mass is 9.82. The van der Waals surface area contributed by atoms with Gasteiger partial charge in [0.15, 0.2) is 0 Å². The summed E-state index contributed by atoms with van der Waals surface area (Å²) < 4.78 is 0. The van der Waals surface area contributed by atoms with Gasteiger partial charge >= 0.3 is 0 Å². The summed E-state index contributed by atoms with van der Waals surface area (Å²) in [6.45, 7) is 0. The van der Waals surface area contributed by atoms with Crippen molar-refractivity contribution in [2.45, 2.75) is 44.1 Å². The quantitative estimate of drug-likeness (QED) is 0.783. The molecule has 0 radical (unpaired) electrons. The first-order chi connectivity index (χ1) is 9.48. The van der Waals surface area contributed by atoms with E-state index in [2.05, 4.69) is 5.32 Å². The zero-order valence-corrected chi connectivity index (χ0v) is 11.4. The van der Waals surface area contributed by atoms with Gasteiger partial charge < -0.3 is 16.2 Å². The van der Waals surface area contributed by atoms with Crippen LogP contribution in [0.5, 0.6) is 0 Å². The van der Waals surface area contributed by atoms with Crippen molar-refractivity contribution in [1.29, 1.82) is 0 Å². The molecule has 0 aromatic heterocycles. The number of carbonyl (C=O) groups is 2. The number of nitrogens with one attached hydrogen (secondary N) is 1. The minimum atomic E-state index is -0.866. The molecule has 0 spiro atoms. The molecule has 1 fully saturated rings. The second kappa shape index (κ2) is 6.05. The molecule has 0 aliphatic heterocycles. The molecule has 1 aliphatic carbocycles. The standard InChI is InChI=1S/C15H20N2O3/c16-14(19)11-4-6-12(7-5-11)17-13(18)10-15(20)8-2-1-3-9-15/h4-7,20H,1-3,8-10H2,(H2,16,19)(H,17,18). The van der Waals surface area contributed by atoms with Gasteiger partial charge in [-0.15, -0.1) is 0 Å². The number of amides is 2. The number of rotatable bonds is 4. The van der Waals surface area contributed by atoms with E-state index in [9.17, 15) is 14.7 Å². The van der Waals surface area contributed by atoms with Crippen LogP contribution in [0.1, 0.15) is 48.9 Å². The lowest BCUT2D eigenvalue weighted by molar-refractivity contribution is -0.122. The number of carbonyl (C=O) groups excluding carboxylic acids is 2. The van der Waals surface area contributed by atoms with E-state index in [0.717, 1.165) is 19.3 Å². The fraction of sp³-hybridized carbons (Fsp3) is 0.467. The molecule has 4 N–H and O–H groups in total. The molecule has 0 bridgehead atoms. The molecule has 1 aliphatic rings. The van der Waals surface area contributed by atoms with Crippen LogP contribution < -0.4 is 11.1 Å². The lowest BCUT2D eigenvalue weighted by Crippen LogP contribution is -2.35. The molecule has 20 heavy (non-hydrogen) atoms. The predicted molar refractivity (Wildman–Crippen MR) is 76.2 cm³/mol. The van der Waals surface area contributed by atoms with Gasteiger partial charge in [0.25, 0.3) is 0 Å². The number of hydrogen-bond acceptors (Lipinski definition) is 3. The Balaban J connectivity index is 1.92. The van der Waals surface area contributed by atoms with Crippen molar-refractivity contribution >= 4 is 17.5 Å². The Bertz CT molecular complexity index is 490. The van der Waals surface area contributed by atoms with E-state index in [1.807, 2.05) is 0 Å². The Kier molecular flexibility index (Phi) is 4.39. The first-order valence-corrected chi connectivity index (χ1v) is 6.91. The Hall–Kier alpha value is -1.88. The fourth-order valence-corrected chi connectivity index (χ4v) is 2.61. The van der Waals surface area contributed by atoms with E-state index in [1.54, 1.807) is 24.3 Å². The smallest absolute Gasteiger partial charge is 0.248 e. The Morgan fingerprint density at radius 2 is 1.75 bits per heavy atom. The summed E-state index contributed by atoms with van der Waals surface area (Å²) in [6.07, 6.45) is 4.54. The van der Waals surface area contributed by atoms with Crippen LogP contribution in [-0.4, -0.2) is 22.5 Å². The van der Waals surface area contributed by atoms with Crippen LogP contribution in [0.4, 0.5) is 5.69 Å². The molecule has 0 saturated heterocycles. The highest BCUT2D eigenvalue weighted by molar-refractivity contribution is 5.95. The van der Waals surface area contributed by atoms with E-state index in [0.29, 0.717) is 24.1 Å². The second-order valence-corrected chi connectivity index (χ2v) is 5.45. The van der Waals surface area contributed by atoms with E-state index >= 15 is 0 Å². The van der Waals surface area contributed by atoms with Gasteiger partial charge in [0.1, 0.15) is 0 Å². The van der Waals surface area contributed by atoms with Gasteiger partial charge in [-0.05, 0) is 37.1 Å². The summed E-state index contributed by atoms with van der Waals surface area (Å²) in [5.74, 6) is -0.708. The number of aliphatic hydroxyl groups is 1. The second-order valence-electron chi connectivity index (χ2n) is 5.45. The SMILES string of the molecule is NC(=O)c1ccc(NC(=O)CC2(O)CCCCC2)cc1. The van der Waals surface area contributed by atoms with E-state index in [-0.39, 0.29) is 12.3 Å². The van der Waals surface area contributed by atoms with E-state index in [4.69, 9.17) is 5.73 Å². The first-order valence-electron chi connectivity index (χ1n) is 6.91. The summed E-state index contributed by atoms with van der Waals surface area (Å²) >= 11 is 0. The molecule has 5 heteroatoms. The first kappa shape index (κ1) is 14.5. The van der Waals surface area contributed by atoms with Gasteiger partial charge in [0, 0.05) is 11.3 Å². The molecule has 0 heterocycles. The van der Waals surface area contributed by atoms with Crippen LogP contribution in [0, 0.1) is 0 Å². The predicted octanol–water partition coefficient (Wildman–Crippen LogP) is 1.81. The zero-order valence-electron chi connectivity index (χ0n) is 11.4. The molecule has 0 atom stereocenters. The van der Waals surface area contributed by atoms with Crippen molar-refractivity contribution in [3.63, 3.8) is 0 Å². The molecule has 5 nitrogen and oxygen atoms in total. The maximum Gasteiger partial charge on any atom is 0.248 e. The van der Waals surface area contributed by atoms with Crippen LogP contribution in [0.25, 0.3) is 0 Å². The lowest BCUT2D eigenvalue weighted by Gasteiger charge is -2.31. The third-order valence-electron chi connectivity index (χ3n) is 3.73. The van der Waals surface area contributed by atoms with Crippen LogP contribution in [0.15, 0.2) is 24.3 Å². The van der Waals surface area contributed by atoms with Crippen LogP contribution >= 0.6 is 0 Å². The van der Waals surface area contributed by atoms with Crippen molar-refractivity contribution in [1.82, 2.24) is 0 Å². The molecule has 1 saturated carbocycles. The molecular weight excluding hydrogens is 256 g/mol. The Labute approximate surface area is 118 Å². The highest BCUT2D eigenvalue weighted by Gasteiger charge is 2.31. The number of benzene rings is 1. The highest BCUT2D eigenvalue weighted by atomic mass is 16.3. The third kappa shape index (κ3) is 3.81.